The molecule has 6 nitrogen and oxygen atoms in total. The van der Waals surface area contributed by atoms with Crippen LogP contribution in [0.15, 0.2) is 17.8 Å². The van der Waals surface area contributed by atoms with E-state index in [0.717, 1.165) is 55.6 Å². The molecule has 0 amide bonds. The summed E-state index contributed by atoms with van der Waals surface area (Å²) in [6.45, 7) is 6.63. The standard InChI is InChI=1S/C15H22N4O2S/c1-2-9-19-14(11-5-7-16-8-6-11)17-18-15(19)22-10-12-3-4-13(20)21-12/h2,11-12,16H,1,3-10H2/t12-/m1/s1. The number of hydrogen-bond acceptors (Lipinski definition) is 6. The average Bonchev–Trinajstić information content (AvgIpc) is 3.13. The number of piperidine rings is 1. The number of hydrogen-bond donors (Lipinski definition) is 1. The van der Waals surface area contributed by atoms with Gasteiger partial charge >= 0.3 is 5.97 Å². The molecule has 1 N–H and O–H groups in total. The van der Waals surface area contributed by atoms with Crippen LogP contribution in [0.4, 0.5) is 0 Å². The molecule has 120 valence electrons. The van der Waals surface area contributed by atoms with Crippen molar-refractivity contribution in [3.05, 3.63) is 18.5 Å². The van der Waals surface area contributed by atoms with Crippen molar-refractivity contribution in [2.75, 3.05) is 18.8 Å². The van der Waals surface area contributed by atoms with Crippen LogP contribution >= 0.6 is 11.8 Å². The maximum absolute atomic E-state index is 11.2. The average molecular weight is 322 g/mol. The lowest BCUT2D eigenvalue weighted by molar-refractivity contribution is -0.140. The van der Waals surface area contributed by atoms with Crippen molar-refractivity contribution in [3.63, 3.8) is 0 Å². The minimum absolute atomic E-state index is 0.00807. The second kappa shape index (κ2) is 7.28. The molecule has 0 saturated carbocycles. The fourth-order valence-corrected chi connectivity index (χ4v) is 3.95. The molecule has 0 spiro atoms. The van der Waals surface area contributed by atoms with Gasteiger partial charge in [-0.3, -0.25) is 4.79 Å². The van der Waals surface area contributed by atoms with Gasteiger partial charge in [-0.25, -0.2) is 0 Å². The maximum atomic E-state index is 11.2. The fraction of sp³-hybridized carbons (Fsp3) is 0.667. The quantitative estimate of drug-likeness (QED) is 0.489. The van der Waals surface area contributed by atoms with Crippen LogP contribution in [0, 0.1) is 0 Å². The van der Waals surface area contributed by atoms with Crippen molar-refractivity contribution in [2.24, 2.45) is 0 Å². The molecule has 7 heteroatoms. The number of carbonyl (C=O) groups is 1. The van der Waals surface area contributed by atoms with Gasteiger partial charge in [0.25, 0.3) is 0 Å². The molecule has 2 saturated heterocycles. The number of nitrogens with one attached hydrogen (secondary N) is 1. The molecule has 3 rings (SSSR count). The minimum Gasteiger partial charge on any atom is -0.461 e. The number of aromatic nitrogens is 3. The monoisotopic (exact) mass is 322 g/mol. The van der Waals surface area contributed by atoms with Gasteiger partial charge in [-0.05, 0) is 32.4 Å². The van der Waals surface area contributed by atoms with E-state index < -0.39 is 0 Å². The first-order valence-corrected chi connectivity index (χ1v) is 8.83. The smallest absolute Gasteiger partial charge is 0.306 e. The summed E-state index contributed by atoms with van der Waals surface area (Å²) in [5, 5.41) is 13.1. The highest BCUT2D eigenvalue weighted by Gasteiger charge is 2.26. The molecular weight excluding hydrogens is 300 g/mol. The second-order valence-electron chi connectivity index (χ2n) is 5.73. The Morgan fingerprint density at radius 2 is 2.18 bits per heavy atom. The van der Waals surface area contributed by atoms with Gasteiger partial charge in [0.05, 0.1) is 0 Å². The number of thioether (sulfide) groups is 1. The Balaban J connectivity index is 1.68. The van der Waals surface area contributed by atoms with E-state index in [-0.39, 0.29) is 12.1 Å². The summed E-state index contributed by atoms with van der Waals surface area (Å²) in [6.07, 6.45) is 5.43. The fourth-order valence-electron chi connectivity index (χ4n) is 2.96. The van der Waals surface area contributed by atoms with E-state index in [1.54, 1.807) is 11.8 Å². The molecule has 22 heavy (non-hydrogen) atoms. The Morgan fingerprint density at radius 3 is 2.86 bits per heavy atom. The molecule has 0 bridgehead atoms. The zero-order valence-electron chi connectivity index (χ0n) is 12.7. The summed E-state index contributed by atoms with van der Waals surface area (Å²) in [5.41, 5.74) is 0. The van der Waals surface area contributed by atoms with E-state index >= 15 is 0 Å². The number of carbonyl (C=O) groups excluding carboxylic acids is 1. The summed E-state index contributed by atoms with van der Waals surface area (Å²) in [5.74, 6) is 2.18. The molecule has 2 fully saturated rings. The molecule has 2 aliphatic heterocycles. The largest absolute Gasteiger partial charge is 0.461 e. The Labute approximate surface area is 134 Å². The van der Waals surface area contributed by atoms with Crippen LogP contribution in [0.5, 0.6) is 0 Å². The Bertz CT molecular complexity index is 540. The van der Waals surface area contributed by atoms with Crippen molar-refractivity contribution >= 4 is 17.7 Å². The number of nitrogens with zero attached hydrogens (tertiary/aromatic N) is 3. The summed E-state index contributed by atoms with van der Waals surface area (Å²) in [7, 11) is 0. The van der Waals surface area contributed by atoms with E-state index in [1.165, 1.54) is 0 Å². The van der Waals surface area contributed by atoms with Gasteiger partial charge < -0.3 is 14.6 Å². The minimum atomic E-state index is -0.0893. The zero-order valence-corrected chi connectivity index (χ0v) is 13.5. The topological polar surface area (TPSA) is 69.0 Å². The summed E-state index contributed by atoms with van der Waals surface area (Å²) in [4.78, 5) is 11.2. The third-order valence-electron chi connectivity index (χ3n) is 4.13. The number of cyclic esters (lactones) is 1. The highest BCUT2D eigenvalue weighted by atomic mass is 32.2. The van der Waals surface area contributed by atoms with Crippen LogP contribution in [0.3, 0.4) is 0 Å². The Morgan fingerprint density at radius 1 is 1.36 bits per heavy atom. The van der Waals surface area contributed by atoms with Crippen molar-refractivity contribution in [3.8, 4) is 0 Å². The van der Waals surface area contributed by atoms with Gasteiger partial charge in [0.1, 0.15) is 11.9 Å². The lowest BCUT2D eigenvalue weighted by Crippen LogP contribution is -2.28. The van der Waals surface area contributed by atoms with Gasteiger partial charge in [0.2, 0.25) is 0 Å². The van der Waals surface area contributed by atoms with Crippen LogP contribution in [0.1, 0.15) is 37.4 Å². The number of ether oxygens (including phenoxy) is 1. The van der Waals surface area contributed by atoms with Crippen LogP contribution in [-0.4, -0.2) is 45.7 Å². The molecule has 1 aromatic rings. The first-order valence-electron chi connectivity index (χ1n) is 7.85. The molecule has 0 radical (unpaired) electrons. The zero-order chi connectivity index (χ0) is 15.4. The number of rotatable bonds is 6. The van der Waals surface area contributed by atoms with Gasteiger partial charge in [-0.2, -0.15) is 0 Å². The van der Waals surface area contributed by atoms with Crippen LogP contribution in [-0.2, 0) is 16.1 Å². The second-order valence-corrected chi connectivity index (χ2v) is 6.71. The Kier molecular flexibility index (Phi) is 5.15. The maximum Gasteiger partial charge on any atom is 0.306 e. The van der Waals surface area contributed by atoms with E-state index in [1.807, 2.05) is 6.08 Å². The van der Waals surface area contributed by atoms with E-state index in [4.69, 9.17) is 4.74 Å². The first kappa shape index (κ1) is 15.6. The number of allylic oxidation sites excluding steroid dienone is 1. The Hall–Kier alpha value is -1.34. The van der Waals surface area contributed by atoms with Gasteiger partial charge in [-0.1, -0.05) is 17.8 Å². The normalized spacial score (nSPS) is 22.7. The third-order valence-corrected chi connectivity index (χ3v) is 5.23. The van der Waals surface area contributed by atoms with Crippen molar-refractivity contribution in [2.45, 2.75) is 49.4 Å². The molecule has 1 atom stereocenters. The van der Waals surface area contributed by atoms with Crippen molar-refractivity contribution < 1.29 is 9.53 Å². The molecule has 0 aromatic carbocycles. The van der Waals surface area contributed by atoms with E-state index in [9.17, 15) is 4.79 Å². The predicted molar refractivity (Wildman–Crippen MR) is 84.9 cm³/mol. The SMILES string of the molecule is C=CCn1c(SC[C@H]2CCC(=O)O2)nnc1C1CCNCC1. The van der Waals surface area contributed by atoms with Gasteiger partial charge in [0, 0.05) is 24.6 Å². The summed E-state index contributed by atoms with van der Waals surface area (Å²) in [6, 6.07) is 0. The highest BCUT2D eigenvalue weighted by molar-refractivity contribution is 7.99. The van der Waals surface area contributed by atoms with Crippen molar-refractivity contribution in [1.82, 2.24) is 20.1 Å². The highest BCUT2D eigenvalue weighted by Crippen LogP contribution is 2.29. The predicted octanol–water partition coefficient (Wildman–Crippen LogP) is 1.73. The molecule has 0 aliphatic carbocycles. The van der Waals surface area contributed by atoms with E-state index in [2.05, 4.69) is 26.7 Å². The molecule has 0 unspecified atom stereocenters. The van der Waals surface area contributed by atoms with Crippen LogP contribution < -0.4 is 5.32 Å². The third kappa shape index (κ3) is 3.52. The summed E-state index contributed by atoms with van der Waals surface area (Å²) < 4.78 is 7.42. The molecule has 1 aromatic heterocycles. The van der Waals surface area contributed by atoms with Crippen LogP contribution in [0.25, 0.3) is 0 Å². The molecule has 3 heterocycles. The first-order chi connectivity index (χ1) is 10.8. The lowest BCUT2D eigenvalue weighted by Gasteiger charge is -2.22. The lowest BCUT2D eigenvalue weighted by atomic mass is 9.97. The number of esters is 1. The van der Waals surface area contributed by atoms with Gasteiger partial charge in [0.15, 0.2) is 5.16 Å². The summed E-state index contributed by atoms with van der Waals surface area (Å²) >= 11 is 1.62. The van der Waals surface area contributed by atoms with E-state index in [0.29, 0.717) is 12.3 Å². The van der Waals surface area contributed by atoms with Gasteiger partial charge in [-0.15, -0.1) is 16.8 Å². The van der Waals surface area contributed by atoms with Crippen LogP contribution in [0.2, 0.25) is 0 Å². The molecule has 2 aliphatic rings. The van der Waals surface area contributed by atoms with Crippen molar-refractivity contribution in [1.29, 1.82) is 0 Å². The molecular formula is C15H22N4O2S.